The molecule has 0 fully saturated rings. The van der Waals surface area contributed by atoms with Crippen molar-refractivity contribution < 1.29 is 4.92 Å². The molecule has 0 saturated carbocycles. The number of benzene rings is 2. The molecule has 0 aliphatic rings. The van der Waals surface area contributed by atoms with Gasteiger partial charge in [-0.3, -0.25) is 10.1 Å². The molecule has 2 aromatic carbocycles. The lowest BCUT2D eigenvalue weighted by molar-refractivity contribution is -0.383. The van der Waals surface area contributed by atoms with Crippen molar-refractivity contribution in [3.8, 4) is 0 Å². The van der Waals surface area contributed by atoms with Crippen LogP contribution in [-0.2, 0) is 0 Å². The van der Waals surface area contributed by atoms with E-state index in [0.29, 0.717) is 10.7 Å². The van der Waals surface area contributed by atoms with Gasteiger partial charge in [-0.25, -0.2) is 9.97 Å². The number of nitrogens with zero attached hydrogens (tertiary/aromatic N) is 3. The molecule has 132 valence electrons. The number of halogens is 1. The Bertz CT molecular complexity index is 978. The summed E-state index contributed by atoms with van der Waals surface area (Å²) >= 11 is 6.12. The highest BCUT2D eigenvalue weighted by Gasteiger charge is 2.23. The van der Waals surface area contributed by atoms with Crippen molar-refractivity contribution in [2.24, 2.45) is 0 Å². The SMILES string of the molecule is Cc1ccc(Nc2ncnc(Nc3ccccc3C)c2[N+](=O)[O-])cc1Cl. The molecule has 0 aliphatic heterocycles. The number of nitrogens with one attached hydrogen (secondary N) is 2. The summed E-state index contributed by atoms with van der Waals surface area (Å²) in [5, 5.41) is 18.2. The van der Waals surface area contributed by atoms with E-state index in [1.807, 2.05) is 44.2 Å². The largest absolute Gasteiger partial charge is 0.353 e. The molecule has 0 radical (unpaired) electrons. The molecule has 0 aliphatic carbocycles. The number of para-hydroxylation sites is 1. The van der Waals surface area contributed by atoms with Gasteiger partial charge in [-0.05, 0) is 43.2 Å². The van der Waals surface area contributed by atoms with Gasteiger partial charge >= 0.3 is 5.69 Å². The van der Waals surface area contributed by atoms with Gasteiger partial charge in [0.1, 0.15) is 6.33 Å². The summed E-state index contributed by atoms with van der Waals surface area (Å²) in [6, 6.07) is 12.8. The first-order chi connectivity index (χ1) is 12.5. The van der Waals surface area contributed by atoms with E-state index in [0.717, 1.165) is 16.8 Å². The van der Waals surface area contributed by atoms with Crippen LogP contribution >= 0.6 is 11.6 Å². The van der Waals surface area contributed by atoms with E-state index in [1.54, 1.807) is 12.1 Å². The van der Waals surface area contributed by atoms with Crippen molar-refractivity contribution in [1.82, 2.24) is 9.97 Å². The number of aryl methyl sites for hydroxylation is 2. The Morgan fingerprint density at radius 1 is 1.00 bits per heavy atom. The molecule has 0 saturated heterocycles. The number of rotatable bonds is 5. The molecule has 0 bridgehead atoms. The van der Waals surface area contributed by atoms with Gasteiger partial charge in [0.05, 0.1) is 4.92 Å². The molecule has 3 rings (SSSR count). The second kappa shape index (κ2) is 7.37. The molecule has 2 N–H and O–H groups in total. The highest BCUT2D eigenvalue weighted by molar-refractivity contribution is 6.31. The van der Waals surface area contributed by atoms with E-state index in [9.17, 15) is 10.1 Å². The summed E-state index contributed by atoms with van der Waals surface area (Å²) in [6.07, 6.45) is 1.27. The van der Waals surface area contributed by atoms with Gasteiger partial charge in [-0.1, -0.05) is 35.9 Å². The lowest BCUT2D eigenvalue weighted by atomic mass is 10.2. The molecule has 0 spiro atoms. The summed E-state index contributed by atoms with van der Waals surface area (Å²) in [5.74, 6) is 0.195. The number of anilines is 4. The maximum Gasteiger partial charge on any atom is 0.353 e. The van der Waals surface area contributed by atoms with Crippen LogP contribution in [0.25, 0.3) is 0 Å². The van der Waals surface area contributed by atoms with Crippen molar-refractivity contribution in [2.75, 3.05) is 10.6 Å². The van der Waals surface area contributed by atoms with Crippen LogP contribution in [0.5, 0.6) is 0 Å². The number of hydrogen-bond acceptors (Lipinski definition) is 6. The first-order valence-electron chi connectivity index (χ1n) is 7.81. The Morgan fingerprint density at radius 3 is 2.35 bits per heavy atom. The van der Waals surface area contributed by atoms with Gasteiger partial charge in [0, 0.05) is 16.4 Å². The Labute approximate surface area is 155 Å². The Kier molecular flexibility index (Phi) is 4.99. The minimum atomic E-state index is -0.515. The number of aromatic nitrogens is 2. The normalized spacial score (nSPS) is 10.4. The quantitative estimate of drug-likeness (QED) is 0.477. The third kappa shape index (κ3) is 3.73. The standard InChI is InChI=1S/C18H16ClN5O2/c1-11-7-8-13(9-14(11)19)22-17-16(24(25)26)18(21-10-20-17)23-15-6-4-3-5-12(15)2/h3-10H,1-2H3,(H2,20,21,22,23). The molecule has 7 nitrogen and oxygen atoms in total. The average Bonchev–Trinajstić information content (AvgIpc) is 2.60. The van der Waals surface area contributed by atoms with Crippen molar-refractivity contribution in [2.45, 2.75) is 13.8 Å². The predicted molar refractivity (Wildman–Crippen MR) is 103 cm³/mol. The van der Waals surface area contributed by atoms with E-state index in [4.69, 9.17) is 11.6 Å². The predicted octanol–water partition coefficient (Wildman–Crippen LogP) is 5.14. The van der Waals surface area contributed by atoms with Crippen LogP contribution in [0.4, 0.5) is 28.7 Å². The molecular weight excluding hydrogens is 354 g/mol. The maximum atomic E-state index is 11.6. The highest BCUT2D eigenvalue weighted by atomic mass is 35.5. The zero-order chi connectivity index (χ0) is 18.7. The number of nitro groups is 1. The highest BCUT2D eigenvalue weighted by Crippen LogP contribution is 2.34. The van der Waals surface area contributed by atoms with E-state index < -0.39 is 4.92 Å². The van der Waals surface area contributed by atoms with Crippen LogP contribution in [-0.4, -0.2) is 14.9 Å². The fourth-order valence-electron chi connectivity index (χ4n) is 2.38. The van der Waals surface area contributed by atoms with Gasteiger partial charge in [0.15, 0.2) is 0 Å². The van der Waals surface area contributed by atoms with Crippen molar-refractivity contribution in [3.63, 3.8) is 0 Å². The van der Waals surface area contributed by atoms with Crippen LogP contribution in [0.2, 0.25) is 5.02 Å². The minimum absolute atomic E-state index is 0.0843. The van der Waals surface area contributed by atoms with E-state index >= 15 is 0 Å². The zero-order valence-corrected chi connectivity index (χ0v) is 14.9. The number of hydrogen-bond donors (Lipinski definition) is 2. The van der Waals surface area contributed by atoms with Crippen molar-refractivity contribution in [3.05, 3.63) is 75.1 Å². The molecule has 1 aromatic heterocycles. The summed E-state index contributed by atoms with van der Waals surface area (Å²) in [5.41, 5.74) is 2.95. The summed E-state index contributed by atoms with van der Waals surface area (Å²) in [6.45, 7) is 3.78. The summed E-state index contributed by atoms with van der Waals surface area (Å²) in [7, 11) is 0. The Hall–Kier alpha value is -3.19. The smallest absolute Gasteiger partial charge is 0.334 e. The van der Waals surface area contributed by atoms with Gasteiger partial charge < -0.3 is 10.6 Å². The lowest BCUT2D eigenvalue weighted by Crippen LogP contribution is -2.06. The maximum absolute atomic E-state index is 11.6. The topological polar surface area (TPSA) is 93.0 Å². The Balaban J connectivity index is 1.99. The van der Waals surface area contributed by atoms with Gasteiger partial charge in [-0.15, -0.1) is 0 Å². The van der Waals surface area contributed by atoms with Crippen molar-refractivity contribution >= 4 is 40.3 Å². The zero-order valence-electron chi connectivity index (χ0n) is 14.2. The first kappa shape index (κ1) is 17.6. The Morgan fingerprint density at radius 2 is 1.69 bits per heavy atom. The van der Waals surface area contributed by atoms with Crippen LogP contribution < -0.4 is 10.6 Å². The van der Waals surface area contributed by atoms with Gasteiger partial charge in [-0.2, -0.15) is 0 Å². The molecule has 0 atom stereocenters. The third-order valence-corrected chi connectivity index (χ3v) is 4.24. The monoisotopic (exact) mass is 369 g/mol. The second-order valence-electron chi connectivity index (χ2n) is 5.71. The third-order valence-electron chi connectivity index (χ3n) is 3.84. The van der Waals surface area contributed by atoms with Crippen LogP contribution in [0.15, 0.2) is 48.8 Å². The fraction of sp³-hybridized carbons (Fsp3) is 0.111. The van der Waals surface area contributed by atoms with Gasteiger partial charge in [0.25, 0.3) is 0 Å². The van der Waals surface area contributed by atoms with Crippen LogP contribution in [0.3, 0.4) is 0 Å². The van der Waals surface area contributed by atoms with Gasteiger partial charge in [0.2, 0.25) is 11.6 Å². The molecule has 8 heteroatoms. The minimum Gasteiger partial charge on any atom is -0.334 e. The first-order valence-corrected chi connectivity index (χ1v) is 8.18. The van der Waals surface area contributed by atoms with E-state index in [2.05, 4.69) is 20.6 Å². The molecule has 1 heterocycles. The molecule has 0 unspecified atom stereocenters. The molecule has 0 amide bonds. The molecule has 3 aromatic rings. The van der Waals surface area contributed by atoms with Crippen molar-refractivity contribution in [1.29, 1.82) is 0 Å². The average molecular weight is 370 g/mol. The molecule has 26 heavy (non-hydrogen) atoms. The lowest BCUT2D eigenvalue weighted by Gasteiger charge is -2.12. The summed E-state index contributed by atoms with van der Waals surface area (Å²) < 4.78 is 0. The van der Waals surface area contributed by atoms with Crippen LogP contribution in [0, 0.1) is 24.0 Å². The van der Waals surface area contributed by atoms with Crippen LogP contribution in [0.1, 0.15) is 11.1 Å². The summed E-state index contributed by atoms with van der Waals surface area (Å²) in [4.78, 5) is 19.2. The fourth-order valence-corrected chi connectivity index (χ4v) is 2.56. The van der Waals surface area contributed by atoms with E-state index in [1.165, 1.54) is 6.33 Å². The van der Waals surface area contributed by atoms with E-state index in [-0.39, 0.29) is 17.3 Å². The molecular formula is C18H16ClN5O2. The second-order valence-corrected chi connectivity index (χ2v) is 6.11.